The normalized spacial score (nSPS) is 15.7. The van der Waals surface area contributed by atoms with Crippen molar-refractivity contribution in [1.82, 2.24) is 19.8 Å². The molecule has 232 valence electrons. The van der Waals surface area contributed by atoms with Crippen molar-refractivity contribution in [3.63, 3.8) is 0 Å². The molecule has 0 radical (unpaired) electrons. The maximum Gasteiger partial charge on any atom is 0.307 e. The molecule has 1 aromatic carbocycles. The Hall–Kier alpha value is -3.66. The number of aromatic nitrogens is 2. The van der Waals surface area contributed by atoms with E-state index in [2.05, 4.69) is 10.2 Å². The van der Waals surface area contributed by atoms with E-state index in [1.807, 2.05) is 27.7 Å². The predicted molar refractivity (Wildman–Crippen MR) is 164 cm³/mol. The molecule has 0 aliphatic carbocycles. The molecule has 2 aliphatic heterocycles. The van der Waals surface area contributed by atoms with Crippen LogP contribution in [0.5, 0.6) is 11.5 Å². The molecule has 10 heteroatoms. The fourth-order valence-electron chi connectivity index (χ4n) is 6.37. The van der Waals surface area contributed by atoms with Crippen molar-refractivity contribution >= 4 is 22.9 Å². The lowest BCUT2D eigenvalue weighted by Gasteiger charge is -2.30. The van der Waals surface area contributed by atoms with Crippen LogP contribution in [0, 0.1) is 19.7 Å². The van der Waals surface area contributed by atoms with Crippen molar-refractivity contribution < 1.29 is 28.6 Å². The molecule has 3 aromatic rings. The van der Waals surface area contributed by atoms with Crippen LogP contribution in [0.15, 0.2) is 6.07 Å². The predicted octanol–water partition coefficient (Wildman–Crippen LogP) is 5.34. The first-order valence-corrected chi connectivity index (χ1v) is 15.3. The van der Waals surface area contributed by atoms with Gasteiger partial charge in [-0.25, -0.2) is 4.98 Å². The summed E-state index contributed by atoms with van der Waals surface area (Å²) in [5.41, 5.74) is 3.63. The van der Waals surface area contributed by atoms with E-state index in [4.69, 9.17) is 14.5 Å². The van der Waals surface area contributed by atoms with E-state index in [0.29, 0.717) is 58.7 Å². The number of amides is 1. The third-order valence-corrected chi connectivity index (χ3v) is 8.41. The number of nitrogens with one attached hydrogen (secondary N) is 1. The standard InChI is InChI=1S/C33H43FN4O5/c1-19-21-11-10-16-42-29(21)28(34)30(43-33(3,4)5)26(19)27-22(18-25(39)40)20(2)36-31-23(27)17-24(37(31)6)32(41)35-12-15-38-13-8-7-9-14-38/h17H,7-16,18H2,1-6H3,(H,35,41)(H,39,40). The van der Waals surface area contributed by atoms with Crippen LogP contribution in [0.3, 0.4) is 0 Å². The molecule has 1 amide bonds. The monoisotopic (exact) mass is 594 g/mol. The fourth-order valence-corrected chi connectivity index (χ4v) is 6.37. The summed E-state index contributed by atoms with van der Waals surface area (Å²) in [6.07, 6.45) is 4.66. The van der Waals surface area contributed by atoms with Crippen LogP contribution < -0.4 is 14.8 Å². The fraction of sp³-hybridized carbons (Fsp3) is 0.545. The number of likely N-dealkylation sites (tertiary alicyclic amines) is 1. The van der Waals surface area contributed by atoms with Gasteiger partial charge in [0.1, 0.15) is 16.9 Å². The van der Waals surface area contributed by atoms with E-state index >= 15 is 4.39 Å². The molecule has 2 aromatic heterocycles. The number of aliphatic carboxylic acids is 1. The van der Waals surface area contributed by atoms with Gasteiger partial charge < -0.3 is 29.4 Å². The Morgan fingerprint density at radius 3 is 2.53 bits per heavy atom. The number of aryl methyl sites for hydroxylation is 2. The Morgan fingerprint density at radius 2 is 1.86 bits per heavy atom. The van der Waals surface area contributed by atoms with E-state index in [-0.39, 0.29) is 23.8 Å². The maximum atomic E-state index is 16.4. The number of pyridine rings is 1. The molecule has 43 heavy (non-hydrogen) atoms. The summed E-state index contributed by atoms with van der Waals surface area (Å²) in [5.74, 6) is -1.67. The first kappa shape index (κ1) is 30.8. The summed E-state index contributed by atoms with van der Waals surface area (Å²) in [6, 6.07) is 1.74. The zero-order valence-corrected chi connectivity index (χ0v) is 26.2. The molecule has 2 aliphatic rings. The Labute approximate surface area is 252 Å². The summed E-state index contributed by atoms with van der Waals surface area (Å²) >= 11 is 0. The van der Waals surface area contributed by atoms with E-state index in [1.165, 1.54) is 19.3 Å². The number of nitrogens with zero attached hydrogens (tertiary/aromatic N) is 3. The molecule has 5 rings (SSSR count). The van der Waals surface area contributed by atoms with Crippen LogP contribution in [0.1, 0.15) is 79.3 Å². The number of ether oxygens (including phenoxy) is 2. The number of carboxylic acid groups (broad SMARTS) is 1. The molecule has 0 spiro atoms. The van der Waals surface area contributed by atoms with Crippen molar-refractivity contribution in [1.29, 1.82) is 0 Å². The van der Waals surface area contributed by atoms with Crippen molar-refractivity contribution in [2.75, 3.05) is 32.8 Å². The van der Waals surface area contributed by atoms with E-state index in [1.54, 1.807) is 24.6 Å². The summed E-state index contributed by atoms with van der Waals surface area (Å²) < 4.78 is 30.2. The molecule has 0 unspecified atom stereocenters. The summed E-state index contributed by atoms with van der Waals surface area (Å²) in [7, 11) is 1.77. The Kier molecular flexibility index (Phi) is 8.70. The minimum Gasteiger partial charge on any atom is -0.490 e. The van der Waals surface area contributed by atoms with Crippen molar-refractivity contribution in [2.24, 2.45) is 7.05 Å². The van der Waals surface area contributed by atoms with Crippen molar-refractivity contribution in [3.8, 4) is 22.6 Å². The lowest BCUT2D eigenvalue weighted by atomic mass is 9.86. The molecule has 4 heterocycles. The average molecular weight is 595 g/mol. The zero-order valence-electron chi connectivity index (χ0n) is 26.2. The average Bonchev–Trinajstić information content (AvgIpc) is 3.28. The lowest BCUT2D eigenvalue weighted by molar-refractivity contribution is -0.136. The molecule has 0 bridgehead atoms. The van der Waals surface area contributed by atoms with Crippen LogP contribution in [-0.4, -0.2) is 69.8 Å². The molecule has 9 nitrogen and oxygen atoms in total. The first-order chi connectivity index (χ1) is 20.4. The van der Waals surface area contributed by atoms with Crippen molar-refractivity contribution in [3.05, 3.63) is 40.0 Å². The largest absolute Gasteiger partial charge is 0.490 e. The second-order valence-electron chi connectivity index (χ2n) is 12.7. The molecule has 1 saturated heterocycles. The summed E-state index contributed by atoms with van der Waals surface area (Å²) in [6.45, 7) is 13.0. The highest BCUT2D eigenvalue weighted by molar-refractivity contribution is 6.05. The minimum absolute atomic E-state index is 0.0144. The number of hydrogen-bond donors (Lipinski definition) is 2. The van der Waals surface area contributed by atoms with Gasteiger partial charge in [0.2, 0.25) is 5.82 Å². The Balaban J connectivity index is 1.70. The lowest BCUT2D eigenvalue weighted by Crippen LogP contribution is -2.38. The smallest absolute Gasteiger partial charge is 0.307 e. The molecule has 0 saturated carbocycles. The SMILES string of the molecule is Cc1nc2c(cc(C(=O)NCCN3CCCCC3)n2C)c(-c2c(C)c3c(c(F)c2OC(C)(C)C)OCCC3)c1CC(=O)O. The number of carboxylic acids is 1. The van der Waals surface area contributed by atoms with Crippen LogP contribution in [0.2, 0.25) is 0 Å². The highest BCUT2D eigenvalue weighted by Crippen LogP contribution is 2.49. The van der Waals surface area contributed by atoms with E-state index in [9.17, 15) is 14.7 Å². The van der Waals surface area contributed by atoms with Gasteiger partial charge in [-0.05, 0) is 90.6 Å². The van der Waals surface area contributed by atoms with Gasteiger partial charge in [0.25, 0.3) is 5.91 Å². The maximum absolute atomic E-state index is 16.4. The Bertz CT molecular complexity index is 1570. The molecule has 0 atom stereocenters. The highest BCUT2D eigenvalue weighted by Gasteiger charge is 2.33. The molecular formula is C33H43FN4O5. The van der Waals surface area contributed by atoms with Gasteiger partial charge in [0, 0.05) is 47.9 Å². The van der Waals surface area contributed by atoms with Gasteiger partial charge in [-0.3, -0.25) is 9.59 Å². The van der Waals surface area contributed by atoms with Gasteiger partial charge in [0.15, 0.2) is 11.5 Å². The number of rotatable bonds is 8. The van der Waals surface area contributed by atoms with Gasteiger partial charge >= 0.3 is 5.97 Å². The van der Waals surface area contributed by atoms with Gasteiger partial charge in [-0.1, -0.05) is 6.42 Å². The number of hydrogen-bond acceptors (Lipinski definition) is 6. The molecule has 1 fully saturated rings. The van der Waals surface area contributed by atoms with Gasteiger partial charge in [-0.2, -0.15) is 4.39 Å². The zero-order chi connectivity index (χ0) is 31.1. The van der Waals surface area contributed by atoms with Gasteiger partial charge in [-0.15, -0.1) is 0 Å². The number of halogens is 1. The number of carbonyl (C=O) groups excluding carboxylic acids is 1. The van der Waals surface area contributed by atoms with Crippen molar-refractivity contribution in [2.45, 2.75) is 78.7 Å². The second kappa shape index (κ2) is 12.1. The van der Waals surface area contributed by atoms with E-state index in [0.717, 1.165) is 37.2 Å². The van der Waals surface area contributed by atoms with Gasteiger partial charge in [0.05, 0.1) is 13.0 Å². The number of carbonyl (C=O) groups is 2. The number of benzene rings is 1. The third kappa shape index (κ3) is 6.20. The highest BCUT2D eigenvalue weighted by atomic mass is 19.1. The second-order valence-corrected chi connectivity index (χ2v) is 12.7. The number of fused-ring (bicyclic) bond motifs is 2. The van der Waals surface area contributed by atoms with Crippen LogP contribution in [0.4, 0.5) is 4.39 Å². The minimum atomic E-state index is -1.03. The molecule has 2 N–H and O–H groups in total. The van der Waals surface area contributed by atoms with E-state index < -0.39 is 17.4 Å². The van der Waals surface area contributed by atoms with Crippen LogP contribution >= 0.6 is 0 Å². The third-order valence-electron chi connectivity index (χ3n) is 8.41. The van der Waals surface area contributed by atoms with Crippen LogP contribution in [-0.2, 0) is 24.7 Å². The summed E-state index contributed by atoms with van der Waals surface area (Å²) in [5, 5.41) is 13.6. The van der Waals surface area contributed by atoms with Crippen LogP contribution in [0.25, 0.3) is 22.2 Å². The topological polar surface area (TPSA) is 106 Å². The number of piperidine rings is 1. The quantitative estimate of drug-likeness (QED) is 0.363. The first-order valence-electron chi connectivity index (χ1n) is 15.3. The molecular weight excluding hydrogens is 551 g/mol. The summed E-state index contributed by atoms with van der Waals surface area (Å²) in [4.78, 5) is 32.7. The Morgan fingerprint density at radius 1 is 1.14 bits per heavy atom.